The Bertz CT molecular complexity index is 2150. The number of anilines is 1. The molecule has 0 radical (unpaired) electrons. The van der Waals surface area contributed by atoms with Gasteiger partial charge in [0.25, 0.3) is 0 Å². The highest BCUT2D eigenvalue weighted by Gasteiger charge is 2.77. The number of carbonyl (C=O) groups is 2. The molecule has 3 aliphatic heterocycles. The second-order valence-electron chi connectivity index (χ2n) is 15.7. The number of rotatable bonds is 4. The van der Waals surface area contributed by atoms with Crippen LogP contribution < -0.4 is 10.1 Å². The number of hydrogen-bond donors (Lipinski definition) is 7. The van der Waals surface area contributed by atoms with E-state index in [2.05, 4.69) is 10.3 Å². The third-order valence-electron chi connectivity index (χ3n) is 12.9. The number of ether oxygens (including phenoxy) is 2. The molecule has 4 heterocycles. The first kappa shape index (κ1) is 36.9. The topological polar surface area (TPSA) is 199 Å². The van der Waals surface area contributed by atoms with Gasteiger partial charge in [-0.3, -0.25) is 9.59 Å². The van der Waals surface area contributed by atoms with Crippen LogP contribution in [0.25, 0.3) is 0 Å². The van der Waals surface area contributed by atoms with E-state index in [4.69, 9.17) is 9.47 Å². The van der Waals surface area contributed by atoms with Crippen molar-refractivity contribution in [1.82, 2.24) is 4.98 Å². The van der Waals surface area contributed by atoms with Gasteiger partial charge in [-0.25, -0.2) is 4.98 Å². The van der Waals surface area contributed by atoms with Crippen LogP contribution in [0.2, 0.25) is 0 Å². The summed E-state index contributed by atoms with van der Waals surface area (Å²) in [6.07, 6.45) is 2.84. The predicted molar refractivity (Wildman–Crippen MR) is 204 cm³/mol. The fourth-order valence-electron chi connectivity index (χ4n) is 10.1. The van der Waals surface area contributed by atoms with Crippen LogP contribution in [-0.4, -0.2) is 94.6 Å². The lowest BCUT2D eigenvalue weighted by molar-refractivity contribution is -0.447. The van der Waals surface area contributed by atoms with Crippen LogP contribution in [0.3, 0.4) is 0 Å². The summed E-state index contributed by atoms with van der Waals surface area (Å²) < 4.78 is 13.2. The van der Waals surface area contributed by atoms with E-state index in [0.717, 1.165) is 16.7 Å². The molecule has 3 aromatic rings. The van der Waals surface area contributed by atoms with Crippen molar-refractivity contribution in [1.29, 1.82) is 0 Å². The molecule has 1 saturated carbocycles. The molecule has 12 nitrogen and oxygen atoms in total. The molecule has 1 aromatic heterocycles. The van der Waals surface area contributed by atoms with Crippen LogP contribution in [0.1, 0.15) is 56.7 Å². The molecule has 6 aliphatic rings. The number of hydrogen-bond acceptors (Lipinski definition) is 14. The van der Waals surface area contributed by atoms with Crippen LogP contribution in [-0.2, 0) is 24.2 Å². The molecule has 9 unspecified atom stereocenters. The highest BCUT2D eigenvalue weighted by molar-refractivity contribution is 8.76. The first-order valence-electron chi connectivity index (χ1n) is 18.5. The summed E-state index contributed by atoms with van der Waals surface area (Å²) in [7, 11) is 2.74. The quantitative estimate of drug-likeness (QED) is 0.188. The molecule has 9 atom stereocenters. The van der Waals surface area contributed by atoms with E-state index in [1.54, 1.807) is 36.5 Å². The highest BCUT2D eigenvalue weighted by atomic mass is 33.1. The number of nitrogens with zero attached hydrogens (tertiary/aromatic N) is 1. The molecule has 7 N–H and O–H groups in total. The fraction of sp³-hybridized carbons (Fsp3) is 0.439. The summed E-state index contributed by atoms with van der Waals surface area (Å²) in [4.78, 5) is 34.4. The maximum atomic E-state index is 15.2. The average Bonchev–Trinajstić information content (AvgIpc) is 3.19. The Morgan fingerprint density at radius 2 is 1.80 bits per heavy atom. The number of aliphatic hydroxyl groups is 6. The summed E-state index contributed by atoms with van der Waals surface area (Å²) in [5.41, 5.74) is -2.54. The zero-order valence-corrected chi connectivity index (χ0v) is 31.4. The van der Waals surface area contributed by atoms with E-state index < -0.39 is 70.5 Å². The van der Waals surface area contributed by atoms with E-state index in [1.165, 1.54) is 27.7 Å². The minimum Gasteiger partial charge on any atom is -0.511 e. The number of carbonyl (C=O) groups excluding carboxylic acids is 2. The standard InChI is InChI=1S/C41H42N2O10S2/c44-18-24-4-1-3-22(11-24)12-25-14-29-34(47)28-5-2-6-30-33(28)35(48)38(29,31(46)15-25)20-54-55-21-43-32-16-23(8-10-42-32)13-27-17-26-7-9-40(52-30)37(50)41(27,51)36(49)39(26,19-45)53-40/h1-6,8,10-11,14-16,26-27,29,36-37,44-46,49-51H,7,9,12-13,17-21H2,(H,42,43). The molecule has 0 amide bonds. The zero-order chi connectivity index (χ0) is 38.3. The van der Waals surface area contributed by atoms with Crippen LogP contribution in [0, 0.1) is 23.2 Å². The van der Waals surface area contributed by atoms with E-state index in [-0.39, 0.29) is 47.8 Å². The zero-order valence-electron chi connectivity index (χ0n) is 29.8. The third kappa shape index (κ3) is 5.40. The van der Waals surface area contributed by atoms with E-state index in [0.29, 0.717) is 36.5 Å². The first-order chi connectivity index (χ1) is 26.5. The number of aromatic nitrogens is 1. The number of fused-ring (bicyclic) bond motifs is 2. The van der Waals surface area contributed by atoms with Crippen molar-refractivity contribution in [3.63, 3.8) is 0 Å². The number of benzene rings is 2. The predicted octanol–water partition coefficient (Wildman–Crippen LogP) is 3.91. The molecule has 2 aromatic carbocycles. The summed E-state index contributed by atoms with van der Waals surface area (Å²) >= 11 is 0. The van der Waals surface area contributed by atoms with E-state index >= 15 is 4.79 Å². The molecule has 55 heavy (non-hydrogen) atoms. The van der Waals surface area contributed by atoms with Crippen molar-refractivity contribution in [3.05, 3.63) is 112 Å². The van der Waals surface area contributed by atoms with Crippen molar-refractivity contribution in [3.8, 4) is 5.75 Å². The Hall–Kier alpha value is -3.73. The number of nitrogens with one attached hydrogen (secondary N) is 1. The van der Waals surface area contributed by atoms with Crippen LogP contribution in [0.5, 0.6) is 5.75 Å². The van der Waals surface area contributed by atoms with Crippen molar-refractivity contribution in [2.45, 2.75) is 67.9 Å². The van der Waals surface area contributed by atoms with Crippen molar-refractivity contribution >= 4 is 39.0 Å². The van der Waals surface area contributed by atoms with Crippen molar-refractivity contribution in [2.24, 2.45) is 23.2 Å². The maximum absolute atomic E-state index is 15.2. The van der Waals surface area contributed by atoms with Gasteiger partial charge in [0.2, 0.25) is 5.79 Å². The van der Waals surface area contributed by atoms with Gasteiger partial charge in [0, 0.05) is 23.9 Å². The van der Waals surface area contributed by atoms with E-state index in [9.17, 15) is 35.4 Å². The summed E-state index contributed by atoms with van der Waals surface area (Å²) in [6, 6.07) is 15.7. The molecule has 3 aliphatic carbocycles. The largest absolute Gasteiger partial charge is 0.511 e. The fourth-order valence-corrected chi connectivity index (χ4v) is 12.3. The van der Waals surface area contributed by atoms with Gasteiger partial charge in [-0.05, 0) is 84.1 Å². The van der Waals surface area contributed by atoms with E-state index in [1.807, 2.05) is 30.3 Å². The number of ketones is 2. The number of aliphatic hydroxyl groups excluding tert-OH is 5. The molecule has 9 rings (SSSR count). The summed E-state index contributed by atoms with van der Waals surface area (Å²) in [5.74, 6) is -4.48. The van der Waals surface area contributed by atoms with Crippen LogP contribution in [0.4, 0.5) is 5.82 Å². The average molecular weight is 787 g/mol. The maximum Gasteiger partial charge on any atom is 0.240 e. The van der Waals surface area contributed by atoms with Crippen LogP contribution in [0.15, 0.2) is 84.3 Å². The first-order valence-corrected chi connectivity index (χ1v) is 21.0. The summed E-state index contributed by atoms with van der Waals surface area (Å²) in [5, 5.41) is 72.6. The minimum absolute atomic E-state index is 0.0230. The van der Waals surface area contributed by atoms with Gasteiger partial charge in [0.05, 0.1) is 30.6 Å². The molecule has 288 valence electrons. The van der Waals surface area contributed by atoms with Crippen molar-refractivity contribution < 1.29 is 49.7 Å². The molecule has 2 spiro atoms. The molecule has 7 bridgehead atoms. The van der Waals surface area contributed by atoms with Crippen LogP contribution >= 0.6 is 21.6 Å². The van der Waals surface area contributed by atoms with Gasteiger partial charge >= 0.3 is 0 Å². The van der Waals surface area contributed by atoms with Gasteiger partial charge in [0.15, 0.2) is 17.7 Å². The molecular weight excluding hydrogens is 745 g/mol. The highest BCUT2D eigenvalue weighted by Crippen LogP contribution is 2.61. The Balaban J connectivity index is 1.18. The lowest BCUT2D eigenvalue weighted by Gasteiger charge is -2.68. The van der Waals surface area contributed by atoms with Gasteiger partial charge in [-0.15, -0.1) is 0 Å². The van der Waals surface area contributed by atoms with Gasteiger partial charge in [-0.1, -0.05) is 64.1 Å². The number of pyridine rings is 1. The normalized spacial score (nSPS) is 36.4. The number of Topliss-reactive ketones (excluding diaryl/α,β-unsaturated/α-hetero) is 2. The molecule has 14 heteroatoms. The Kier molecular flexibility index (Phi) is 9.02. The molecular formula is C41H42N2O10S2. The molecule has 3 fully saturated rings. The smallest absolute Gasteiger partial charge is 0.240 e. The summed E-state index contributed by atoms with van der Waals surface area (Å²) in [6.45, 7) is -0.791. The van der Waals surface area contributed by atoms with Gasteiger partial charge in [-0.2, -0.15) is 0 Å². The Morgan fingerprint density at radius 1 is 0.982 bits per heavy atom. The van der Waals surface area contributed by atoms with Gasteiger partial charge in [0.1, 0.15) is 40.0 Å². The lowest BCUT2D eigenvalue weighted by atomic mass is 9.52. The minimum atomic E-state index is -2.20. The Labute approximate surface area is 325 Å². The second kappa shape index (κ2) is 13.4. The molecule has 2 saturated heterocycles. The lowest BCUT2D eigenvalue weighted by Crippen LogP contribution is -2.85. The third-order valence-corrected chi connectivity index (χ3v) is 15.1. The second-order valence-corrected chi connectivity index (χ2v) is 18.2. The van der Waals surface area contributed by atoms with Crippen molar-refractivity contribution in [2.75, 3.05) is 23.6 Å². The Morgan fingerprint density at radius 3 is 2.62 bits per heavy atom. The SMILES string of the molecule is O=C1c2cccc3c2C(=O)C2(CSSCNc4cc(ccn4)CC4CC5CCC6(O3)OC5(CO)C(O)C4(O)C6O)C(O)=CC(Cc3cccc(CO)c3)=CC12. The monoisotopic (exact) mass is 786 g/mol. The number of allylic oxidation sites excluding steroid dienone is 4. The van der Waals surface area contributed by atoms with Gasteiger partial charge < -0.3 is 45.4 Å².